The molecule has 0 radical (unpaired) electrons. The Morgan fingerprint density at radius 2 is 2.22 bits per heavy atom. The lowest BCUT2D eigenvalue weighted by Crippen LogP contribution is -2.57. The van der Waals surface area contributed by atoms with Gasteiger partial charge in [0.05, 0.1) is 6.54 Å². The number of aromatic amines is 1. The van der Waals surface area contributed by atoms with Crippen molar-refractivity contribution in [3.8, 4) is 0 Å². The number of aromatic nitrogens is 1. The molecule has 2 rings (SSSR count). The summed E-state index contributed by atoms with van der Waals surface area (Å²) in [5.74, 6) is -0.228. The third-order valence-electron chi connectivity index (χ3n) is 2.79. The molecule has 1 aromatic heterocycles. The second kappa shape index (κ2) is 5.34. The predicted octanol–water partition coefficient (Wildman–Crippen LogP) is 0.0635. The average Bonchev–Trinajstić information content (AvgIpc) is 2.71. The van der Waals surface area contributed by atoms with Gasteiger partial charge in [0.25, 0.3) is 0 Å². The highest BCUT2D eigenvalue weighted by atomic mass is 32.1. The Bertz CT molecular complexity index is 508. The van der Waals surface area contributed by atoms with Crippen molar-refractivity contribution in [2.45, 2.75) is 32.4 Å². The van der Waals surface area contributed by atoms with Gasteiger partial charge in [-0.05, 0) is 6.42 Å². The van der Waals surface area contributed by atoms with Crippen LogP contribution in [0.5, 0.6) is 0 Å². The van der Waals surface area contributed by atoms with E-state index in [1.54, 1.807) is 5.38 Å². The predicted molar refractivity (Wildman–Crippen MR) is 67.2 cm³/mol. The van der Waals surface area contributed by atoms with Crippen LogP contribution in [0.15, 0.2) is 10.2 Å². The molecule has 18 heavy (non-hydrogen) atoms. The van der Waals surface area contributed by atoms with E-state index in [4.69, 9.17) is 0 Å². The molecular formula is C11H15N3O3S. The highest BCUT2D eigenvalue weighted by Gasteiger charge is 2.31. The molecule has 98 valence electrons. The van der Waals surface area contributed by atoms with Crippen LogP contribution >= 0.6 is 11.3 Å². The van der Waals surface area contributed by atoms with Crippen LogP contribution in [0.2, 0.25) is 0 Å². The molecular weight excluding hydrogens is 254 g/mol. The van der Waals surface area contributed by atoms with Crippen molar-refractivity contribution in [3.63, 3.8) is 0 Å². The number of carbonyl (C=O) groups excluding carboxylic acids is 2. The van der Waals surface area contributed by atoms with E-state index in [0.29, 0.717) is 12.1 Å². The summed E-state index contributed by atoms with van der Waals surface area (Å²) < 4.78 is 0. The minimum Gasteiger partial charge on any atom is -0.343 e. The van der Waals surface area contributed by atoms with Gasteiger partial charge in [0, 0.05) is 11.1 Å². The topological polar surface area (TPSA) is 82.3 Å². The Hall–Kier alpha value is -1.63. The van der Waals surface area contributed by atoms with Gasteiger partial charge in [-0.25, -0.2) is 0 Å². The molecule has 1 atom stereocenters. The monoisotopic (exact) mass is 269 g/mol. The van der Waals surface area contributed by atoms with Crippen LogP contribution < -0.4 is 10.2 Å². The fourth-order valence-corrected chi connectivity index (χ4v) is 2.56. The molecule has 0 bridgehead atoms. The van der Waals surface area contributed by atoms with Gasteiger partial charge in [-0.2, -0.15) is 0 Å². The molecule has 0 aliphatic carbocycles. The van der Waals surface area contributed by atoms with Crippen LogP contribution in [0.25, 0.3) is 0 Å². The fraction of sp³-hybridized carbons (Fsp3) is 0.545. The number of piperazine rings is 1. The van der Waals surface area contributed by atoms with Crippen molar-refractivity contribution < 1.29 is 9.59 Å². The van der Waals surface area contributed by atoms with Crippen LogP contribution in [0.3, 0.4) is 0 Å². The van der Waals surface area contributed by atoms with Crippen molar-refractivity contribution in [1.82, 2.24) is 15.2 Å². The number of rotatable bonds is 4. The summed E-state index contributed by atoms with van der Waals surface area (Å²) in [6.45, 7) is 2.30. The molecule has 6 nitrogen and oxygen atoms in total. The van der Waals surface area contributed by atoms with Gasteiger partial charge >= 0.3 is 4.87 Å². The molecule has 1 aliphatic heterocycles. The summed E-state index contributed by atoms with van der Waals surface area (Å²) in [5.41, 5.74) is 0.670. The summed E-state index contributed by atoms with van der Waals surface area (Å²) >= 11 is 1.06. The summed E-state index contributed by atoms with van der Waals surface area (Å²) in [7, 11) is 0. The van der Waals surface area contributed by atoms with E-state index in [0.717, 1.165) is 17.8 Å². The molecule has 1 unspecified atom stereocenters. The van der Waals surface area contributed by atoms with Gasteiger partial charge < -0.3 is 15.2 Å². The summed E-state index contributed by atoms with van der Waals surface area (Å²) in [4.78, 5) is 38.6. The Kier molecular flexibility index (Phi) is 3.81. The third kappa shape index (κ3) is 2.79. The zero-order chi connectivity index (χ0) is 13.1. The van der Waals surface area contributed by atoms with Crippen molar-refractivity contribution >= 4 is 23.2 Å². The van der Waals surface area contributed by atoms with E-state index >= 15 is 0 Å². The molecule has 1 fully saturated rings. The van der Waals surface area contributed by atoms with E-state index in [-0.39, 0.29) is 29.8 Å². The third-order valence-corrected chi connectivity index (χ3v) is 3.51. The quantitative estimate of drug-likeness (QED) is 0.811. The maximum atomic E-state index is 12.1. The smallest absolute Gasteiger partial charge is 0.304 e. The number of carbonyl (C=O) groups is 2. The Labute approximate surface area is 108 Å². The van der Waals surface area contributed by atoms with Gasteiger partial charge in [-0.1, -0.05) is 24.7 Å². The second-order valence-electron chi connectivity index (χ2n) is 4.28. The van der Waals surface area contributed by atoms with Crippen LogP contribution in [0.1, 0.15) is 25.5 Å². The maximum absolute atomic E-state index is 12.1. The number of hydrogen-bond donors (Lipinski definition) is 2. The van der Waals surface area contributed by atoms with E-state index in [1.165, 1.54) is 4.90 Å². The standard InChI is InChI=1S/C11H15N3O3S/c1-2-3-8-10(16)14(5-9(15)13-8)4-7-6-18-11(17)12-7/h6,8H,2-5H2,1H3,(H,12,17)(H,13,15). The largest absolute Gasteiger partial charge is 0.343 e. The van der Waals surface area contributed by atoms with Crippen molar-refractivity contribution in [2.24, 2.45) is 0 Å². The molecule has 1 aliphatic rings. The SMILES string of the molecule is CCCC1NC(=O)CN(Cc2csc(=O)[nH]2)C1=O. The molecule has 2 amide bonds. The van der Waals surface area contributed by atoms with Crippen molar-refractivity contribution in [2.75, 3.05) is 6.54 Å². The number of thiazole rings is 1. The van der Waals surface area contributed by atoms with Gasteiger partial charge in [-0.15, -0.1) is 0 Å². The highest BCUT2D eigenvalue weighted by Crippen LogP contribution is 2.11. The summed E-state index contributed by atoms with van der Waals surface area (Å²) in [6, 6.07) is -0.429. The first-order chi connectivity index (χ1) is 8.60. The molecule has 0 spiro atoms. The average molecular weight is 269 g/mol. The van der Waals surface area contributed by atoms with Crippen molar-refractivity contribution in [3.05, 3.63) is 20.7 Å². The Morgan fingerprint density at radius 1 is 1.44 bits per heavy atom. The zero-order valence-corrected chi connectivity index (χ0v) is 10.9. The minimum atomic E-state index is -0.429. The number of nitrogens with one attached hydrogen (secondary N) is 2. The van der Waals surface area contributed by atoms with Crippen LogP contribution in [0.4, 0.5) is 0 Å². The molecule has 1 saturated heterocycles. The van der Waals surface area contributed by atoms with Crippen LogP contribution in [-0.2, 0) is 16.1 Å². The van der Waals surface area contributed by atoms with Gasteiger partial charge in [0.2, 0.25) is 11.8 Å². The lowest BCUT2D eigenvalue weighted by Gasteiger charge is -2.32. The van der Waals surface area contributed by atoms with E-state index in [2.05, 4.69) is 10.3 Å². The first-order valence-corrected chi connectivity index (χ1v) is 6.73. The minimum absolute atomic E-state index is 0.0525. The molecule has 2 heterocycles. The molecule has 7 heteroatoms. The summed E-state index contributed by atoms with van der Waals surface area (Å²) in [6.07, 6.45) is 1.47. The normalized spacial score (nSPS) is 20.1. The van der Waals surface area contributed by atoms with Gasteiger partial charge in [-0.3, -0.25) is 14.4 Å². The number of H-pyrrole nitrogens is 1. The Balaban J connectivity index is 2.08. The van der Waals surface area contributed by atoms with Crippen molar-refractivity contribution in [1.29, 1.82) is 0 Å². The van der Waals surface area contributed by atoms with E-state index < -0.39 is 6.04 Å². The lowest BCUT2D eigenvalue weighted by molar-refractivity contribution is -0.145. The zero-order valence-electron chi connectivity index (χ0n) is 10.1. The Morgan fingerprint density at radius 3 is 2.83 bits per heavy atom. The van der Waals surface area contributed by atoms with Crippen LogP contribution in [0, 0.1) is 0 Å². The molecule has 2 N–H and O–H groups in total. The fourth-order valence-electron chi connectivity index (χ4n) is 1.99. The summed E-state index contributed by atoms with van der Waals surface area (Å²) in [5, 5.41) is 4.37. The van der Waals surface area contributed by atoms with Gasteiger partial charge in [0.15, 0.2) is 0 Å². The first-order valence-electron chi connectivity index (χ1n) is 5.85. The number of hydrogen-bond acceptors (Lipinski definition) is 4. The highest BCUT2D eigenvalue weighted by molar-refractivity contribution is 7.07. The lowest BCUT2D eigenvalue weighted by atomic mass is 10.1. The second-order valence-corrected chi connectivity index (χ2v) is 5.12. The van der Waals surface area contributed by atoms with Crippen LogP contribution in [-0.4, -0.2) is 34.3 Å². The maximum Gasteiger partial charge on any atom is 0.304 e. The van der Waals surface area contributed by atoms with Gasteiger partial charge in [0.1, 0.15) is 12.6 Å². The van der Waals surface area contributed by atoms with E-state index in [1.807, 2.05) is 6.92 Å². The molecule has 1 aromatic rings. The first kappa shape index (κ1) is 12.8. The number of amides is 2. The molecule has 0 saturated carbocycles. The number of nitrogens with zero attached hydrogens (tertiary/aromatic N) is 1. The van der Waals surface area contributed by atoms with E-state index in [9.17, 15) is 14.4 Å². The molecule has 0 aromatic carbocycles.